The van der Waals surface area contributed by atoms with Crippen LogP contribution in [0.3, 0.4) is 0 Å². The number of rotatable bonds is 4. The third-order valence-electron chi connectivity index (χ3n) is 4.82. The van der Waals surface area contributed by atoms with Crippen molar-refractivity contribution in [1.29, 1.82) is 0 Å². The van der Waals surface area contributed by atoms with Crippen molar-refractivity contribution in [3.05, 3.63) is 28.5 Å². The van der Waals surface area contributed by atoms with Gasteiger partial charge in [-0.2, -0.15) is 0 Å². The van der Waals surface area contributed by atoms with Crippen LogP contribution < -0.4 is 5.32 Å². The fourth-order valence-corrected chi connectivity index (χ4v) is 4.30. The summed E-state index contributed by atoms with van der Waals surface area (Å²) >= 11 is 3.47. The molecule has 2 aliphatic carbocycles. The molecule has 1 N–H and O–H groups in total. The highest BCUT2D eigenvalue weighted by molar-refractivity contribution is 9.10. The summed E-state index contributed by atoms with van der Waals surface area (Å²) in [7, 11) is 0. The second-order valence-corrected chi connectivity index (χ2v) is 6.94. The molecule has 0 aromatic carbocycles. The molecule has 0 radical (unpaired) electrons. The lowest BCUT2D eigenvalue weighted by Crippen LogP contribution is -2.35. The van der Waals surface area contributed by atoms with Gasteiger partial charge < -0.3 is 5.32 Å². The molecule has 4 atom stereocenters. The number of nitrogens with one attached hydrogen (secondary N) is 1. The number of pyridine rings is 1. The van der Waals surface area contributed by atoms with Gasteiger partial charge in [-0.05, 0) is 71.5 Å². The van der Waals surface area contributed by atoms with E-state index in [1.165, 1.54) is 31.2 Å². The third-order valence-corrected chi connectivity index (χ3v) is 5.26. The summed E-state index contributed by atoms with van der Waals surface area (Å²) in [5, 5.41) is 3.69. The number of fused-ring (bicyclic) bond motifs is 2. The van der Waals surface area contributed by atoms with Crippen molar-refractivity contribution in [2.24, 2.45) is 17.8 Å². The Kier molecular flexibility index (Phi) is 3.71. The van der Waals surface area contributed by atoms with Crippen LogP contribution in [-0.2, 0) is 6.54 Å². The van der Waals surface area contributed by atoms with Crippen LogP contribution in [0.4, 0.5) is 0 Å². The summed E-state index contributed by atoms with van der Waals surface area (Å²) in [4.78, 5) is 4.21. The largest absolute Gasteiger partial charge is 0.310 e. The molecule has 4 unspecified atom stereocenters. The highest BCUT2D eigenvalue weighted by Crippen LogP contribution is 2.49. The van der Waals surface area contributed by atoms with Crippen molar-refractivity contribution in [3.8, 4) is 0 Å². The minimum Gasteiger partial charge on any atom is -0.310 e. The Bertz CT molecular complexity index is 421. The molecular formula is C15H21BrN2. The Morgan fingerprint density at radius 3 is 2.94 bits per heavy atom. The molecule has 98 valence electrons. The quantitative estimate of drug-likeness (QED) is 0.916. The third kappa shape index (κ3) is 2.62. The maximum atomic E-state index is 4.21. The molecule has 18 heavy (non-hydrogen) atoms. The van der Waals surface area contributed by atoms with Gasteiger partial charge in [-0.15, -0.1) is 0 Å². The van der Waals surface area contributed by atoms with E-state index in [4.69, 9.17) is 0 Å². The average Bonchev–Trinajstić information content (AvgIpc) is 2.98. The minimum atomic E-state index is 0.638. The predicted molar refractivity (Wildman–Crippen MR) is 77.2 cm³/mol. The number of hydrogen-bond donors (Lipinski definition) is 1. The van der Waals surface area contributed by atoms with E-state index in [0.29, 0.717) is 6.04 Å². The van der Waals surface area contributed by atoms with Gasteiger partial charge in [-0.25, -0.2) is 0 Å². The smallest absolute Gasteiger partial charge is 0.0410 e. The molecule has 3 rings (SSSR count). The topological polar surface area (TPSA) is 24.9 Å². The molecular weight excluding hydrogens is 288 g/mol. The molecule has 2 nitrogen and oxygen atoms in total. The average molecular weight is 309 g/mol. The minimum absolute atomic E-state index is 0.638. The zero-order valence-electron chi connectivity index (χ0n) is 10.9. The summed E-state index contributed by atoms with van der Waals surface area (Å²) in [6.07, 6.45) is 9.70. The number of halogens is 1. The first-order chi connectivity index (χ1) is 8.72. The summed E-state index contributed by atoms with van der Waals surface area (Å²) in [6.45, 7) is 3.29. The van der Waals surface area contributed by atoms with Crippen molar-refractivity contribution in [1.82, 2.24) is 10.3 Å². The first-order valence-corrected chi connectivity index (χ1v) is 7.84. The number of aromatic nitrogens is 1. The Morgan fingerprint density at radius 2 is 2.28 bits per heavy atom. The first kappa shape index (κ1) is 12.6. The standard InChI is InChI=1S/C15H21BrN2/c1-10(15-6-11-2-3-13(15)4-11)18-8-12-5-14(16)9-17-7-12/h5,7,9-11,13,15,18H,2-4,6,8H2,1H3. The van der Waals surface area contributed by atoms with Gasteiger partial charge in [-0.1, -0.05) is 6.42 Å². The zero-order valence-corrected chi connectivity index (χ0v) is 12.5. The van der Waals surface area contributed by atoms with E-state index in [2.05, 4.69) is 39.2 Å². The number of nitrogens with zero attached hydrogens (tertiary/aromatic N) is 1. The summed E-state index contributed by atoms with van der Waals surface area (Å²) in [5.74, 6) is 2.94. The van der Waals surface area contributed by atoms with E-state index >= 15 is 0 Å². The van der Waals surface area contributed by atoms with Crippen LogP contribution in [0.2, 0.25) is 0 Å². The van der Waals surface area contributed by atoms with E-state index in [-0.39, 0.29) is 0 Å². The molecule has 2 aliphatic rings. The Balaban J connectivity index is 1.54. The molecule has 1 aromatic heterocycles. The summed E-state index contributed by atoms with van der Waals surface area (Å²) < 4.78 is 1.06. The van der Waals surface area contributed by atoms with Gasteiger partial charge >= 0.3 is 0 Å². The van der Waals surface area contributed by atoms with E-state index in [1.54, 1.807) is 0 Å². The van der Waals surface area contributed by atoms with Crippen molar-refractivity contribution in [2.45, 2.75) is 45.2 Å². The zero-order chi connectivity index (χ0) is 12.5. The van der Waals surface area contributed by atoms with Crippen LogP contribution in [-0.4, -0.2) is 11.0 Å². The first-order valence-electron chi connectivity index (χ1n) is 7.05. The Labute approximate surface area is 118 Å². The molecule has 2 saturated carbocycles. The second-order valence-electron chi connectivity index (χ2n) is 6.02. The van der Waals surface area contributed by atoms with Gasteiger partial charge in [-0.3, -0.25) is 4.98 Å². The molecule has 2 fully saturated rings. The SMILES string of the molecule is CC(NCc1cncc(Br)c1)C1CC2CCC1C2. The van der Waals surface area contributed by atoms with Crippen LogP contribution in [0.5, 0.6) is 0 Å². The molecule has 0 spiro atoms. The van der Waals surface area contributed by atoms with Crippen molar-refractivity contribution < 1.29 is 0 Å². The van der Waals surface area contributed by atoms with E-state index in [9.17, 15) is 0 Å². The lowest BCUT2D eigenvalue weighted by atomic mass is 9.84. The lowest BCUT2D eigenvalue weighted by Gasteiger charge is -2.28. The summed E-state index contributed by atoms with van der Waals surface area (Å²) in [5.41, 5.74) is 1.26. The van der Waals surface area contributed by atoms with Crippen LogP contribution >= 0.6 is 15.9 Å². The van der Waals surface area contributed by atoms with Gasteiger partial charge in [0.25, 0.3) is 0 Å². The lowest BCUT2D eigenvalue weighted by molar-refractivity contribution is 0.259. The van der Waals surface area contributed by atoms with Crippen LogP contribution in [0.15, 0.2) is 22.9 Å². The van der Waals surface area contributed by atoms with E-state index in [0.717, 1.165) is 28.8 Å². The van der Waals surface area contributed by atoms with Gasteiger partial charge in [0.1, 0.15) is 0 Å². The molecule has 1 aromatic rings. The molecule has 3 heteroatoms. The highest BCUT2D eigenvalue weighted by atomic mass is 79.9. The Morgan fingerprint density at radius 1 is 1.39 bits per heavy atom. The molecule has 0 aliphatic heterocycles. The highest BCUT2D eigenvalue weighted by Gasteiger charge is 2.41. The van der Waals surface area contributed by atoms with Gasteiger partial charge in [0.05, 0.1) is 0 Å². The Hall–Kier alpha value is -0.410. The fourth-order valence-electron chi connectivity index (χ4n) is 3.89. The van der Waals surface area contributed by atoms with Crippen molar-refractivity contribution >= 4 is 15.9 Å². The van der Waals surface area contributed by atoms with Crippen molar-refractivity contribution in [3.63, 3.8) is 0 Å². The monoisotopic (exact) mass is 308 g/mol. The molecule has 2 bridgehead atoms. The predicted octanol–water partition coefficient (Wildman–Crippen LogP) is 3.76. The van der Waals surface area contributed by atoms with Gasteiger partial charge in [0.15, 0.2) is 0 Å². The molecule has 1 heterocycles. The van der Waals surface area contributed by atoms with Crippen LogP contribution in [0.25, 0.3) is 0 Å². The molecule has 0 amide bonds. The molecule has 0 saturated heterocycles. The van der Waals surface area contributed by atoms with Gasteiger partial charge in [0, 0.05) is 29.5 Å². The van der Waals surface area contributed by atoms with E-state index < -0.39 is 0 Å². The number of hydrogen-bond acceptors (Lipinski definition) is 2. The van der Waals surface area contributed by atoms with Crippen LogP contribution in [0, 0.1) is 17.8 Å². The van der Waals surface area contributed by atoms with E-state index in [1.807, 2.05) is 12.4 Å². The van der Waals surface area contributed by atoms with Gasteiger partial charge in [0.2, 0.25) is 0 Å². The summed E-state index contributed by atoms with van der Waals surface area (Å²) in [6, 6.07) is 2.78. The normalized spacial score (nSPS) is 31.8. The fraction of sp³-hybridized carbons (Fsp3) is 0.667. The maximum absolute atomic E-state index is 4.21. The maximum Gasteiger partial charge on any atom is 0.0410 e. The van der Waals surface area contributed by atoms with Crippen molar-refractivity contribution in [2.75, 3.05) is 0 Å². The second kappa shape index (κ2) is 5.30. The van der Waals surface area contributed by atoms with Crippen LogP contribution in [0.1, 0.15) is 38.2 Å².